The van der Waals surface area contributed by atoms with E-state index in [4.69, 9.17) is 0 Å². The maximum atomic E-state index is 2.63. The molecule has 0 atom stereocenters. The molecule has 0 bridgehead atoms. The number of benzene rings is 3. The highest BCUT2D eigenvalue weighted by Gasteiger charge is 2.27. The predicted octanol–water partition coefficient (Wildman–Crippen LogP) is 11.5. The molecule has 0 N–H and O–H groups in total. The van der Waals surface area contributed by atoms with E-state index in [1.165, 1.54) is 34.1 Å². The lowest BCUT2D eigenvalue weighted by Crippen LogP contribution is -2.35. The monoisotopic (exact) mass is 627 g/mol. The van der Waals surface area contributed by atoms with Crippen molar-refractivity contribution in [3.63, 3.8) is 0 Å². The second kappa shape index (κ2) is 17.7. The molecule has 0 aliphatic heterocycles. The first kappa shape index (κ1) is 37.3. The molecular formula is C42H66N4. The summed E-state index contributed by atoms with van der Waals surface area (Å²) < 4.78 is 0. The first-order chi connectivity index (χ1) is 21.8. The molecule has 0 saturated carbocycles. The van der Waals surface area contributed by atoms with E-state index in [0.29, 0.717) is 35.5 Å². The van der Waals surface area contributed by atoms with Crippen molar-refractivity contribution in [1.29, 1.82) is 0 Å². The van der Waals surface area contributed by atoms with Gasteiger partial charge in [-0.15, -0.1) is 0 Å². The van der Waals surface area contributed by atoms with Crippen LogP contribution < -0.4 is 19.6 Å². The van der Waals surface area contributed by atoms with Crippen molar-refractivity contribution in [3.05, 3.63) is 72.8 Å². The first-order valence-corrected chi connectivity index (χ1v) is 18.1. The molecule has 0 spiro atoms. The topological polar surface area (TPSA) is 13.0 Å². The fourth-order valence-corrected chi connectivity index (χ4v) is 6.61. The van der Waals surface area contributed by atoms with Gasteiger partial charge in [-0.25, -0.2) is 0 Å². The SMILES string of the molecule is CC(C)CN(CC(C)C)c1ccccc1N(c1ccccc1N(CC(C)C)CC(C)C)c1ccccc1N(CC(C)C)CC(C)C. The normalized spacial score (nSPS) is 11.9. The molecular weight excluding hydrogens is 560 g/mol. The first-order valence-electron chi connectivity index (χ1n) is 18.1. The van der Waals surface area contributed by atoms with Crippen molar-refractivity contribution in [2.45, 2.75) is 83.1 Å². The molecule has 3 aromatic carbocycles. The predicted molar refractivity (Wildman–Crippen MR) is 207 cm³/mol. The van der Waals surface area contributed by atoms with E-state index in [1.807, 2.05) is 0 Å². The molecule has 3 rings (SSSR count). The molecule has 4 nitrogen and oxygen atoms in total. The van der Waals surface area contributed by atoms with Crippen LogP contribution in [0.4, 0.5) is 34.1 Å². The van der Waals surface area contributed by atoms with Gasteiger partial charge in [0.25, 0.3) is 0 Å². The van der Waals surface area contributed by atoms with Gasteiger partial charge in [-0.3, -0.25) is 0 Å². The van der Waals surface area contributed by atoms with Gasteiger partial charge in [0, 0.05) is 39.3 Å². The quantitative estimate of drug-likeness (QED) is 0.139. The van der Waals surface area contributed by atoms with Crippen LogP contribution in [0.25, 0.3) is 0 Å². The molecule has 0 saturated heterocycles. The third kappa shape index (κ3) is 10.7. The Labute approximate surface area is 283 Å². The summed E-state index contributed by atoms with van der Waals surface area (Å²) in [7, 11) is 0. The van der Waals surface area contributed by atoms with E-state index < -0.39 is 0 Å². The number of nitrogens with zero attached hydrogens (tertiary/aromatic N) is 4. The highest BCUT2D eigenvalue weighted by molar-refractivity contribution is 5.94. The Morgan fingerprint density at radius 3 is 0.652 bits per heavy atom. The molecule has 0 aliphatic carbocycles. The van der Waals surface area contributed by atoms with E-state index in [9.17, 15) is 0 Å². The zero-order chi connectivity index (χ0) is 34.0. The van der Waals surface area contributed by atoms with Gasteiger partial charge in [-0.05, 0) is 71.9 Å². The van der Waals surface area contributed by atoms with Gasteiger partial charge in [0.1, 0.15) is 0 Å². The molecule has 0 radical (unpaired) electrons. The van der Waals surface area contributed by atoms with Gasteiger partial charge < -0.3 is 19.6 Å². The number of rotatable bonds is 18. The smallest absolute Gasteiger partial charge is 0.0697 e. The van der Waals surface area contributed by atoms with Crippen LogP contribution in [0, 0.1) is 35.5 Å². The van der Waals surface area contributed by atoms with Crippen molar-refractivity contribution in [1.82, 2.24) is 0 Å². The lowest BCUT2D eigenvalue weighted by Gasteiger charge is -2.39. The third-order valence-corrected chi connectivity index (χ3v) is 7.90. The molecule has 4 heteroatoms. The van der Waals surface area contributed by atoms with Gasteiger partial charge in [0.05, 0.1) is 34.1 Å². The summed E-state index contributed by atoms with van der Waals surface area (Å²) in [5, 5.41) is 0. The Balaban J connectivity index is 2.43. The maximum absolute atomic E-state index is 2.63. The van der Waals surface area contributed by atoms with Crippen molar-refractivity contribution in [2.75, 3.05) is 58.9 Å². The minimum atomic E-state index is 0.556. The second-order valence-electron chi connectivity index (χ2n) is 15.9. The summed E-state index contributed by atoms with van der Waals surface area (Å²) in [6, 6.07) is 27.4. The molecule has 0 unspecified atom stereocenters. The highest BCUT2D eigenvalue weighted by Crippen LogP contribution is 2.48. The summed E-state index contributed by atoms with van der Waals surface area (Å²) in [6.07, 6.45) is 0. The average molecular weight is 627 g/mol. The lowest BCUT2D eigenvalue weighted by molar-refractivity contribution is 0.552. The lowest BCUT2D eigenvalue weighted by atomic mass is 10.0. The van der Waals surface area contributed by atoms with Gasteiger partial charge in [-0.1, -0.05) is 119 Å². The molecule has 0 heterocycles. The Morgan fingerprint density at radius 1 is 0.304 bits per heavy atom. The van der Waals surface area contributed by atoms with Crippen LogP contribution in [-0.2, 0) is 0 Å². The minimum Gasteiger partial charge on any atom is -0.369 e. The van der Waals surface area contributed by atoms with Crippen LogP contribution in [0.3, 0.4) is 0 Å². The van der Waals surface area contributed by atoms with E-state index in [1.54, 1.807) is 0 Å². The summed E-state index contributed by atoms with van der Waals surface area (Å²) >= 11 is 0. The minimum absolute atomic E-state index is 0.556. The van der Waals surface area contributed by atoms with Crippen molar-refractivity contribution < 1.29 is 0 Å². The Hall–Kier alpha value is -3.14. The average Bonchev–Trinajstić information content (AvgIpc) is 2.96. The maximum Gasteiger partial charge on any atom is 0.0697 e. The molecule has 0 amide bonds. The van der Waals surface area contributed by atoms with Gasteiger partial charge >= 0.3 is 0 Å². The fourth-order valence-electron chi connectivity index (χ4n) is 6.61. The third-order valence-electron chi connectivity index (χ3n) is 7.90. The highest BCUT2D eigenvalue weighted by atomic mass is 15.3. The van der Waals surface area contributed by atoms with Gasteiger partial charge in [0.2, 0.25) is 0 Å². The van der Waals surface area contributed by atoms with E-state index in [0.717, 1.165) is 39.3 Å². The van der Waals surface area contributed by atoms with Crippen LogP contribution in [0.2, 0.25) is 0 Å². The summed E-state index contributed by atoms with van der Waals surface area (Å²) in [6.45, 7) is 34.2. The Kier molecular flexibility index (Phi) is 14.3. The van der Waals surface area contributed by atoms with E-state index in [2.05, 4.69) is 175 Å². The van der Waals surface area contributed by atoms with Crippen LogP contribution in [0.5, 0.6) is 0 Å². The largest absolute Gasteiger partial charge is 0.369 e. The standard InChI is InChI=1S/C42H66N4/c1-31(2)25-43(26-32(3)4)37-19-13-16-22-40(37)46(41-23-17-14-20-38(41)44(27-33(5)6)28-34(7)8)42-24-18-15-21-39(42)45(29-35(9)10)30-36(11)12/h13-24,31-36H,25-30H2,1-12H3. The van der Waals surface area contributed by atoms with Crippen molar-refractivity contribution >= 4 is 34.1 Å². The zero-order valence-electron chi connectivity index (χ0n) is 31.4. The summed E-state index contributed by atoms with van der Waals surface area (Å²) in [5.74, 6) is 3.33. The summed E-state index contributed by atoms with van der Waals surface area (Å²) in [4.78, 5) is 10.5. The van der Waals surface area contributed by atoms with Gasteiger partial charge in [-0.2, -0.15) is 0 Å². The summed E-state index contributed by atoms with van der Waals surface area (Å²) in [5.41, 5.74) is 7.62. The van der Waals surface area contributed by atoms with Crippen LogP contribution in [-0.4, -0.2) is 39.3 Å². The Morgan fingerprint density at radius 2 is 0.478 bits per heavy atom. The number of anilines is 6. The number of para-hydroxylation sites is 6. The molecule has 254 valence electrons. The van der Waals surface area contributed by atoms with Crippen LogP contribution >= 0.6 is 0 Å². The van der Waals surface area contributed by atoms with E-state index >= 15 is 0 Å². The van der Waals surface area contributed by atoms with Crippen LogP contribution in [0.1, 0.15) is 83.1 Å². The number of hydrogen-bond acceptors (Lipinski definition) is 4. The van der Waals surface area contributed by atoms with Crippen molar-refractivity contribution in [3.8, 4) is 0 Å². The molecule has 0 fully saturated rings. The second-order valence-corrected chi connectivity index (χ2v) is 15.9. The number of hydrogen-bond donors (Lipinski definition) is 0. The zero-order valence-corrected chi connectivity index (χ0v) is 31.4. The Bertz CT molecular complexity index is 1120. The molecule has 3 aromatic rings. The molecule has 46 heavy (non-hydrogen) atoms. The van der Waals surface area contributed by atoms with Gasteiger partial charge in [0.15, 0.2) is 0 Å². The molecule has 0 aromatic heterocycles. The fraction of sp³-hybridized carbons (Fsp3) is 0.571. The van der Waals surface area contributed by atoms with Crippen molar-refractivity contribution in [2.24, 2.45) is 35.5 Å². The van der Waals surface area contributed by atoms with E-state index in [-0.39, 0.29) is 0 Å². The van der Waals surface area contributed by atoms with Crippen LogP contribution in [0.15, 0.2) is 72.8 Å². The molecule has 0 aliphatic rings.